The van der Waals surface area contributed by atoms with Gasteiger partial charge in [0.25, 0.3) is 0 Å². The van der Waals surface area contributed by atoms with Crippen molar-refractivity contribution in [3.8, 4) is 0 Å². The van der Waals surface area contributed by atoms with Gasteiger partial charge in [0.1, 0.15) is 0 Å². The Morgan fingerprint density at radius 1 is 0.106 bits per heavy atom. The molecule has 0 fully saturated rings. The highest BCUT2D eigenvalue weighted by Gasteiger charge is 1.75. The molecule has 0 heterocycles. The Kier molecular flexibility index (Phi) is 3590. The van der Waals surface area contributed by atoms with Crippen molar-refractivity contribution in [3.05, 3.63) is 0 Å². The molecule has 0 saturated carbocycles. The Balaban J connectivity index is -0.0000000106. The SMILES string of the molecule is CC.CC.CC.CC.CC.CC.CC.CC.CC.CC.CC.CC.CC.CC.CC.CC.CC.CC.CCC.CCC.CCC.CCC.CCC.CCCC.CCCCC.CCCCCC. The molecular formula is C66H184. The summed E-state index contributed by atoms with van der Waals surface area (Å²) in [7, 11) is 0. The van der Waals surface area contributed by atoms with Gasteiger partial charge in [0.05, 0.1) is 0 Å². The molecule has 0 amide bonds. The molecule has 0 aliphatic carbocycles. The Morgan fingerprint density at radius 3 is 0.182 bits per heavy atom. The molecule has 0 nitrogen and oxygen atoms in total. The lowest BCUT2D eigenvalue weighted by Gasteiger charge is -1.86. The first-order chi connectivity index (χ1) is 32.3. The van der Waals surface area contributed by atoms with Crippen LogP contribution in [0.1, 0.15) is 450 Å². The Bertz CT molecular complexity index is 87.0. The van der Waals surface area contributed by atoms with E-state index in [9.17, 15) is 0 Å². The van der Waals surface area contributed by atoms with E-state index in [4.69, 9.17) is 0 Å². The van der Waals surface area contributed by atoms with Gasteiger partial charge in [-0.1, -0.05) is 450 Å². The fourth-order valence-corrected chi connectivity index (χ4v) is 0.854. The van der Waals surface area contributed by atoms with Crippen LogP contribution in [0.2, 0.25) is 0 Å². The van der Waals surface area contributed by atoms with Crippen LogP contribution < -0.4 is 0 Å². The first-order valence-electron chi connectivity index (χ1n) is 32.3. The van der Waals surface area contributed by atoms with Gasteiger partial charge in [0, 0.05) is 0 Å². The van der Waals surface area contributed by atoms with Crippen molar-refractivity contribution in [2.75, 3.05) is 0 Å². The quantitative estimate of drug-likeness (QED) is 0.233. The van der Waals surface area contributed by atoms with Crippen LogP contribution in [-0.2, 0) is 0 Å². The number of hydrogen-bond donors (Lipinski definition) is 0. The van der Waals surface area contributed by atoms with E-state index < -0.39 is 0 Å². The van der Waals surface area contributed by atoms with Gasteiger partial charge in [0.15, 0.2) is 0 Å². The van der Waals surface area contributed by atoms with E-state index >= 15 is 0 Å². The van der Waals surface area contributed by atoms with E-state index in [0.717, 1.165) is 0 Å². The largest absolute Gasteiger partial charge is 0.0683 e. The predicted octanol–water partition coefficient (Wildman–Crippen LogP) is 32.1. The minimum Gasteiger partial charge on any atom is -0.0683 e. The van der Waals surface area contributed by atoms with Gasteiger partial charge in [-0.15, -0.1) is 0 Å². The van der Waals surface area contributed by atoms with Crippen LogP contribution in [0, 0.1) is 0 Å². The lowest BCUT2D eigenvalue weighted by atomic mass is 10.2. The first-order valence-corrected chi connectivity index (χ1v) is 32.3. The van der Waals surface area contributed by atoms with E-state index in [0.29, 0.717) is 0 Å². The van der Waals surface area contributed by atoms with E-state index in [-0.39, 0.29) is 0 Å². The minimum absolute atomic E-state index is 1.25. The third kappa shape index (κ3) is 7060. The smallest absolute Gasteiger partial charge is 0.0536 e. The van der Waals surface area contributed by atoms with Gasteiger partial charge in [0.2, 0.25) is 0 Å². The summed E-state index contributed by atoms with van der Waals surface area (Å²) in [6.07, 6.45) is 18.5. The Hall–Kier alpha value is 0. The lowest BCUT2D eigenvalue weighted by Crippen LogP contribution is -1.66. The molecule has 0 unspecified atom stereocenters. The summed E-state index contributed by atoms with van der Waals surface area (Å²) < 4.78 is 0. The summed E-state index contributed by atoms with van der Waals surface area (Å²) in [4.78, 5) is 0. The van der Waals surface area contributed by atoms with Crippen LogP contribution in [0.4, 0.5) is 0 Å². The van der Waals surface area contributed by atoms with Crippen LogP contribution in [0.3, 0.4) is 0 Å². The molecule has 0 aliphatic heterocycles. The molecule has 448 valence electrons. The molecule has 0 aromatic carbocycles. The fraction of sp³-hybridized carbons (Fsp3) is 1.00. The molecule has 0 rings (SSSR count). The molecule has 0 atom stereocenters. The molecule has 0 heteroatoms. The second-order valence-electron chi connectivity index (χ2n) is 7.60. The normalized spacial score (nSPS) is 4.91. The zero-order chi connectivity index (χ0) is 61.9. The molecule has 0 aromatic heterocycles. The minimum atomic E-state index is 1.25. The Labute approximate surface area is 448 Å². The summed E-state index contributed by atoms with van der Waals surface area (Å²) in [6, 6.07) is 0. The molecule has 0 radical (unpaired) electrons. The first kappa shape index (κ1) is 174. The molecule has 0 aliphatic rings. The van der Waals surface area contributed by atoms with Crippen molar-refractivity contribution < 1.29 is 0 Å². The van der Waals surface area contributed by atoms with Gasteiger partial charge >= 0.3 is 0 Å². The Morgan fingerprint density at radius 2 is 0.167 bits per heavy atom. The molecule has 0 bridgehead atoms. The topological polar surface area (TPSA) is 0 Å². The maximum Gasteiger partial charge on any atom is -0.0536 e. The van der Waals surface area contributed by atoms with Gasteiger partial charge < -0.3 is 0 Å². The highest BCUT2D eigenvalue weighted by atomic mass is 13.8. The molecule has 0 aromatic rings. The van der Waals surface area contributed by atoms with Crippen LogP contribution in [-0.4, -0.2) is 0 Å². The summed E-state index contributed by atoms with van der Waals surface area (Å²) >= 11 is 0. The number of unbranched alkanes of at least 4 members (excludes halogenated alkanes) is 6. The van der Waals surface area contributed by atoms with Crippen molar-refractivity contribution in [2.24, 2.45) is 0 Å². The average Bonchev–Trinajstić information content (AvgIpc) is 3.45. The predicted molar refractivity (Wildman–Crippen MR) is 360 cm³/mol. The van der Waals surface area contributed by atoms with Crippen molar-refractivity contribution in [1.82, 2.24) is 0 Å². The van der Waals surface area contributed by atoms with Crippen molar-refractivity contribution in [1.29, 1.82) is 0 Å². The summed E-state index contributed by atoms with van der Waals surface area (Å²) in [5.41, 5.74) is 0. The number of hydrogen-bond acceptors (Lipinski definition) is 0. The van der Waals surface area contributed by atoms with Crippen molar-refractivity contribution >= 4 is 0 Å². The van der Waals surface area contributed by atoms with E-state index in [2.05, 4.69) is 111 Å². The van der Waals surface area contributed by atoms with Gasteiger partial charge in [-0.3, -0.25) is 0 Å². The third-order valence-electron chi connectivity index (χ3n) is 2.16. The summed E-state index contributed by atoms with van der Waals surface area (Å²) in [5.74, 6) is 0. The maximum atomic E-state index is 2.23. The standard InChI is InChI=1S/C6H14.C5H12.C4H10.5C3H8.18C2H6/c1-3-5-6-4-2;1-3-5-4-2;1-3-4-2;5*1-3-2;18*1-2/h3-6H2,1-2H3;3-5H2,1-2H3;3-4H2,1-2H3;5*3H2,1-2H3;18*1-2H3. The highest BCUT2D eigenvalue weighted by molar-refractivity contribution is 4.31. The monoisotopic (exact) mass is 977 g/mol. The van der Waals surface area contributed by atoms with Crippen molar-refractivity contribution in [2.45, 2.75) is 450 Å². The van der Waals surface area contributed by atoms with Crippen LogP contribution in [0.25, 0.3) is 0 Å². The second kappa shape index (κ2) is 1360. The van der Waals surface area contributed by atoms with Gasteiger partial charge in [-0.05, 0) is 0 Å². The fourth-order valence-electron chi connectivity index (χ4n) is 0.854. The van der Waals surface area contributed by atoms with Crippen LogP contribution in [0.15, 0.2) is 0 Å². The second-order valence-corrected chi connectivity index (χ2v) is 7.60. The van der Waals surface area contributed by atoms with E-state index in [1.165, 1.54) is 89.9 Å². The lowest BCUT2D eigenvalue weighted by molar-refractivity contribution is 0.702. The zero-order valence-corrected chi connectivity index (χ0v) is 61.9. The molecule has 0 N–H and O–H groups in total. The average molecular weight is 978 g/mol. The van der Waals surface area contributed by atoms with Crippen LogP contribution in [0.5, 0.6) is 0 Å². The van der Waals surface area contributed by atoms with E-state index in [1.807, 2.05) is 249 Å². The third-order valence-corrected chi connectivity index (χ3v) is 2.16. The zero-order valence-electron chi connectivity index (χ0n) is 61.9. The maximum absolute atomic E-state index is 2.23. The molecular weight excluding hydrogens is 793 g/mol. The highest BCUT2D eigenvalue weighted by Crippen LogP contribution is 1.95. The van der Waals surface area contributed by atoms with Crippen LogP contribution >= 0.6 is 0 Å². The molecule has 0 saturated heterocycles. The summed E-state index contributed by atoms with van der Waals surface area (Å²) in [6.45, 7) is 106. The van der Waals surface area contributed by atoms with Crippen molar-refractivity contribution in [3.63, 3.8) is 0 Å². The molecule has 66 heavy (non-hydrogen) atoms. The molecule has 0 spiro atoms. The van der Waals surface area contributed by atoms with Gasteiger partial charge in [-0.2, -0.15) is 0 Å². The van der Waals surface area contributed by atoms with E-state index in [1.54, 1.807) is 0 Å². The summed E-state index contributed by atoms with van der Waals surface area (Å²) in [5, 5.41) is 0. The van der Waals surface area contributed by atoms with Gasteiger partial charge in [-0.25, -0.2) is 0 Å². The number of rotatable bonds is 6.